The van der Waals surface area contributed by atoms with Gasteiger partial charge in [0.05, 0.1) is 20.3 Å². The number of sulfonamides is 1. The van der Waals surface area contributed by atoms with Crippen LogP contribution in [0.1, 0.15) is 17.7 Å². The highest BCUT2D eigenvalue weighted by Crippen LogP contribution is 2.28. The van der Waals surface area contributed by atoms with Crippen LogP contribution in [0.25, 0.3) is 0 Å². The first-order valence-electron chi connectivity index (χ1n) is 10.7. The molecule has 0 aliphatic heterocycles. The number of pyridine rings is 1. The predicted octanol–water partition coefficient (Wildman–Crippen LogP) is -0.976. The Morgan fingerprint density at radius 3 is 2.47 bits per heavy atom. The van der Waals surface area contributed by atoms with Crippen molar-refractivity contribution < 1.29 is 27.5 Å². The molecule has 0 aliphatic rings. The van der Waals surface area contributed by atoms with Crippen molar-refractivity contribution in [1.82, 2.24) is 4.68 Å². The Morgan fingerprint density at radius 2 is 1.89 bits per heavy atom. The van der Waals surface area contributed by atoms with Gasteiger partial charge in [0.15, 0.2) is 5.96 Å². The molecule has 0 bridgehead atoms. The molecule has 0 aliphatic carbocycles. The van der Waals surface area contributed by atoms with Gasteiger partial charge in [-0.1, -0.05) is 6.07 Å². The maximum atomic E-state index is 13.1. The maximum Gasteiger partial charge on any atom is 0.279 e. The summed E-state index contributed by atoms with van der Waals surface area (Å²) >= 11 is 0. The first-order valence-corrected chi connectivity index (χ1v) is 12.2. The lowest BCUT2D eigenvalue weighted by atomic mass is 9.89. The van der Waals surface area contributed by atoms with Crippen LogP contribution in [-0.4, -0.2) is 57.9 Å². The second kappa shape index (κ2) is 12.2. The number of benzene rings is 1. The van der Waals surface area contributed by atoms with E-state index in [1.54, 1.807) is 0 Å². The molecular formula is C22H30N6O7S. The third kappa shape index (κ3) is 6.82. The average Bonchev–Trinajstić information content (AvgIpc) is 2.85. The summed E-state index contributed by atoms with van der Waals surface area (Å²) in [5, 5.41) is 0. The molecule has 2 atom stereocenters. The van der Waals surface area contributed by atoms with Crippen molar-refractivity contribution in [2.24, 2.45) is 28.1 Å². The van der Waals surface area contributed by atoms with E-state index >= 15 is 0 Å². The van der Waals surface area contributed by atoms with Gasteiger partial charge >= 0.3 is 0 Å². The Labute approximate surface area is 208 Å². The highest BCUT2D eigenvalue weighted by atomic mass is 32.2. The summed E-state index contributed by atoms with van der Waals surface area (Å²) in [6.07, 6.45) is 0.122. The summed E-state index contributed by atoms with van der Waals surface area (Å²) < 4.78 is 37.3. The van der Waals surface area contributed by atoms with Crippen LogP contribution in [0.4, 0.5) is 0 Å². The highest BCUT2D eigenvalue weighted by molar-refractivity contribution is 7.92. The molecule has 1 heterocycles. The average molecular weight is 523 g/mol. The number of methoxy groups -OCH3 is 2. The normalized spacial score (nSPS) is 12.8. The van der Waals surface area contributed by atoms with E-state index in [4.69, 9.17) is 26.7 Å². The van der Waals surface area contributed by atoms with Crippen LogP contribution in [0, 0.1) is 12.8 Å². The molecule has 13 nitrogen and oxygen atoms in total. The molecule has 0 spiro atoms. The number of carbonyl (C=O) groups is 2. The molecule has 0 saturated heterocycles. The highest BCUT2D eigenvalue weighted by Gasteiger charge is 2.27. The van der Waals surface area contributed by atoms with E-state index in [0.29, 0.717) is 6.29 Å². The van der Waals surface area contributed by atoms with Gasteiger partial charge in [-0.25, -0.2) is 9.51 Å². The van der Waals surface area contributed by atoms with E-state index < -0.39 is 39.7 Å². The minimum Gasteiger partial charge on any atom is -0.497 e. The Kier molecular flexibility index (Phi) is 9.58. The zero-order chi connectivity index (χ0) is 27.0. The second-order valence-electron chi connectivity index (χ2n) is 7.81. The number of ketones is 1. The van der Waals surface area contributed by atoms with Crippen molar-refractivity contribution >= 4 is 28.1 Å². The molecule has 2 rings (SSSR count). The number of hydrogen-bond donors (Lipinski definition) is 4. The van der Waals surface area contributed by atoms with Crippen molar-refractivity contribution in [2.75, 3.05) is 25.6 Å². The number of Topliss-reactive ketones (excluding diaryl/α,β-unsaturated/α-hetero) is 1. The molecule has 7 N–H and O–H groups in total. The first kappa shape index (κ1) is 28.3. The summed E-state index contributed by atoms with van der Waals surface area (Å²) in [6, 6.07) is 5.94. The number of hydrogen-bond acceptors (Lipinski definition) is 9. The van der Waals surface area contributed by atoms with E-state index in [2.05, 4.69) is 9.82 Å². The monoisotopic (exact) mass is 522 g/mol. The largest absolute Gasteiger partial charge is 0.497 e. The topological polar surface area (TPSA) is 211 Å². The van der Waals surface area contributed by atoms with Crippen molar-refractivity contribution in [2.45, 2.75) is 30.7 Å². The maximum absolute atomic E-state index is 13.1. The van der Waals surface area contributed by atoms with Gasteiger partial charge in [-0.15, -0.1) is 0 Å². The summed E-state index contributed by atoms with van der Waals surface area (Å²) in [4.78, 5) is 43.1. The fourth-order valence-corrected chi connectivity index (χ4v) is 4.65. The number of nitrogens with two attached hydrogens (primary N) is 3. The summed E-state index contributed by atoms with van der Waals surface area (Å²) in [7, 11) is -1.63. The van der Waals surface area contributed by atoms with Gasteiger partial charge in [-0.2, -0.15) is 8.42 Å². The Hall–Kier alpha value is -3.91. The quantitative estimate of drug-likeness (QED) is 0.143. The van der Waals surface area contributed by atoms with Crippen molar-refractivity contribution in [3.63, 3.8) is 0 Å². The summed E-state index contributed by atoms with van der Waals surface area (Å²) in [5.74, 6) is -1.32. The van der Waals surface area contributed by atoms with Crippen molar-refractivity contribution in [1.29, 1.82) is 0 Å². The zero-order valence-corrected chi connectivity index (χ0v) is 20.9. The van der Waals surface area contributed by atoms with Gasteiger partial charge in [0, 0.05) is 36.2 Å². The molecule has 2 aromatic rings. The fraction of sp³-hybridized carbons (Fsp3) is 0.364. The number of nitrogens with one attached hydrogen (secondary N) is 1. The molecule has 0 amide bonds. The molecule has 196 valence electrons. The Balaban J connectivity index is 2.40. The van der Waals surface area contributed by atoms with Crippen LogP contribution >= 0.6 is 0 Å². The van der Waals surface area contributed by atoms with Crippen LogP contribution < -0.4 is 37.1 Å². The number of aldehydes is 1. The lowest BCUT2D eigenvalue weighted by Crippen LogP contribution is -2.40. The van der Waals surface area contributed by atoms with Gasteiger partial charge in [0.25, 0.3) is 15.6 Å². The third-order valence-corrected chi connectivity index (χ3v) is 6.68. The molecule has 1 aromatic heterocycles. The number of ether oxygens (including phenoxy) is 2. The van der Waals surface area contributed by atoms with Gasteiger partial charge in [0.2, 0.25) is 0 Å². The number of carbonyl (C=O) groups excluding carboxylic acids is 2. The number of guanidine groups is 1. The van der Waals surface area contributed by atoms with E-state index in [9.17, 15) is 22.8 Å². The molecule has 0 radical (unpaired) electrons. The molecule has 1 unspecified atom stereocenters. The molecule has 36 heavy (non-hydrogen) atoms. The number of nitrogens with zero attached hydrogens (tertiary/aromatic N) is 2. The van der Waals surface area contributed by atoms with Crippen LogP contribution in [0.3, 0.4) is 0 Å². The molecular weight excluding hydrogens is 492 g/mol. The van der Waals surface area contributed by atoms with Crippen molar-refractivity contribution in [3.05, 3.63) is 51.9 Å². The van der Waals surface area contributed by atoms with Gasteiger partial charge in [0.1, 0.15) is 28.5 Å². The number of aromatic nitrogens is 1. The van der Waals surface area contributed by atoms with Crippen LogP contribution in [0.15, 0.2) is 45.0 Å². The lowest BCUT2D eigenvalue weighted by molar-refractivity contribution is -0.125. The fourth-order valence-electron chi connectivity index (χ4n) is 3.40. The first-order chi connectivity index (χ1) is 16.9. The SMILES string of the molecule is COc1ccc(OC)c(S(=O)(=O)Nn2c(C)ccc(CC(=O)C(CCN=C(N)N)[C@H](N)C=O)c2=O)c1. The van der Waals surface area contributed by atoms with Crippen molar-refractivity contribution in [3.8, 4) is 11.5 Å². The standard InChI is InChI=1S/C22H30N6O7S/c1-13-4-5-14(10-18(30)16(17(23)12-29)8-9-26-22(24)25)21(31)28(13)27-36(32,33)20-11-15(34-2)6-7-19(20)35-3/h4-7,11-12,16-17,27H,8-10,23H2,1-3H3,(H4,24,25,26)/t16?,17-/m1/s1. The molecule has 0 saturated carbocycles. The Bertz CT molecular complexity index is 1300. The zero-order valence-electron chi connectivity index (χ0n) is 20.1. The minimum absolute atomic E-state index is 0.00385. The molecule has 0 fully saturated rings. The van der Waals surface area contributed by atoms with E-state index in [-0.39, 0.29) is 46.6 Å². The third-order valence-electron chi connectivity index (χ3n) is 5.36. The second-order valence-corrected chi connectivity index (χ2v) is 9.44. The number of aryl methyl sites for hydroxylation is 1. The molecule has 1 aromatic carbocycles. The van der Waals surface area contributed by atoms with Gasteiger partial charge < -0.3 is 31.5 Å². The summed E-state index contributed by atoms with van der Waals surface area (Å²) in [6.45, 7) is 1.57. The lowest BCUT2D eigenvalue weighted by Gasteiger charge is -2.19. The smallest absolute Gasteiger partial charge is 0.279 e. The van der Waals surface area contributed by atoms with E-state index in [1.165, 1.54) is 51.5 Å². The summed E-state index contributed by atoms with van der Waals surface area (Å²) in [5.41, 5.74) is 15.9. The van der Waals surface area contributed by atoms with Gasteiger partial charge in [-0.3, -0.25) is 14.6 Å². The molecule has 14 heteroatoms. The van der Waals surface area contributed by atoms with E-state index in [1.807, 2.05) is 0 Å². The number of rotatable bonds is 13. The minimum atomic E-state index is -4.31. The van der Waals surface area contributed by atoms with E-state index in [0.717, 1.165) is 4.68 Å². The Morgan fingerprint density at radius 1 is 1.19 bits per heavy atom. The van der Waals surface area contributed by atoms with Gasteiger partial charge in [-0.05, 0) is 31.5 Å². The van der Waals surface area contributed by atoms with Crippen LogP contribution in [0.5, 0.6) is 11.5 Å². The predicted molar refractivity (Wildman–Crippen MR) is 133 cm³/mol. The van der Waals surface area contributed by atoms with Crippen LogP contribution in [-0.2, 0) is 26.0 Å². The number of aliphatic imine (C=N–C) groups is 1. The van der Waals surface area contributed by atoms with Crippen LogP contribution in [0.2, 0.25) is 0 Å².